The number of rotatable bonds is 5. The van der Waals surface area contributed by atoms with Gasteiger partial charge in [0.25, 0.3) is 0 Å². The van der Waals surface area contributed by atoms with Crippen LogP contribution in [0.1, 0.15) is 12.8 Å². The van der Waals surface area contributed by atoms with Gasteiger partial charge in [-0.3, -0.25) is 0 Å². The Balaban J connectivity index is 1.76. The lowest BCUT2D eigenvalue weighted by Crippen LogP contribution is -2.19. The third-order valence-electron chi connectivity index (χ3n) is 4.47. The van der Waals surface area contributed by atoms with Gasteiger partial charge in [0.1, 0.15) is 5.75 Å². The molecule has 1 aromatic carbocycles. The van der Waals surface area contributed by atoms with Crippen molar-refractivity contribution in [2.24, 2.45) is 22.9 Å². The van der Waals surface area contributed by atoms with Crippen molar-refractivity contribution < 1.29 is 13.2 Å². The fraction of sp³-hybridized carbons (Fsp3) is 0.467. The van der Waals surface area contributed by atoms with Gasteiger partial charge in [0.15, 0.2) is 0 Å². The van der Waals surface area contributed by atoms with Crippen molar-refractivity contribution in [3.8, 4) is 5.75 Å². The zero-order valence-electron chi connectivity index (χ0n) is 12.0. The number of hydrogen-bond acceptors (Lipinski definition) is 4. The minimum absolute atomic E-state index is 0.0960. The Morgan fingerprint density at radius 3 is 2.71 bits per heavy atom. The molecule has 5 nitrogen and oxygen atoms in total. The minimum Gasteiger partial charge on any atom is -0.495 e. The number of ether oxygens (including phenoxy) is 1. The van der Waals surface area contributed by atoms with Crippen LogP contribution in [0.3, 0.4) is 0 Å². The number of benzene rings is 1. The number of sulfonamides is 1. The summed E-state index contributed by atoms with van der Waals surface area (Å²) in [6, 6.07) is 4.62. The first-order valence-electron chi connectivity index (χ1n) is 7.10. The molecule has 3 atom stereocenters. The van der Waals surface area contributed by atoms with Crippen molar-refractivity contribution >= 4 is 15.7 Å². The molecule has 2 aliphatic carbocycles. The van der Waals surface area contributed by atoms with Crippen LogP contribution in [0.2, 0.25) is 0 Å². The van der Waals surface area contributed by atoms with Crippen LogP contribution in [0.25, 0.3) is 0 Å². The first kappa shape index (κ1) is 14.4. The Bertz CT molecular complexity index is 669. The smallest absolute Gasteiger partial charge is 0.238 e. The van der Waals surface area contributed by atoms with Gasteiger partial charge in [-0.1, -0.05) is 12.2 Å². The van der Waals surface area contributed by atoms with Gasteiger partial charge in [0, 0.05) is 6.54 Å². The Hall–Kier alpha value is -1.53. The van der Waals surface area contributed by atoms with E-state index in [1.54, 1.807) is 13.2 Å². The monoisotopic (exact) mass is 308 g/mol. The van der Waals surface area contributed by atoms with E-state index >= 15 is 0 Å². The SMILES string of the molecule is COc1ccc(S(N)(=O)=O)cc1NCC1CC2C=CC1C2. The summed E-state index contributed by atoms with van der Waals surface area (Å²) in [6.45, 7) is 0.815. The van der Waals surface area contributed by atoms with Gasteiger partial charge in [-0.2, -0.15) is 0 Å². The molecule has 0 amide bonds. The van der Waals surface area contributed by atoms with Crippen molar-refractivity contribution in [3.63, 3.8) is 0 Å². The lowest BCUT2D eigenvalue weighted by Gasteiger charge is -2.20. The molecule has 0 radical (unpaired) electrons. The summed E-state index contributed by atoms with van der Waals surface area (Å²) < 4.78 is 28.2. The normalized spacial score (nSPS) is 27.0. The topological polar surface area (TPSA) is 81.4 Å². The number of hydrogen-bond donors (Lipinski definition) is 2. The molecule has 3 N–H and O–H groups in total. The van der Waals surface area contributed by atoms with Gasteiger partial charge < -0.3 is 10.1 Å². The first-order valence-corrected chi connectivity index (χ1v) is 8.65. The van der Waals surface area contributed by atoms with E-state index in [-0.39, 0.29) is 4.90 Å². The molecule has 3 rings (SSSR count). The number of allylic oxidation sites excluding steroid dienone is 2. The Labute approximate surface area is 125 Å². The summed E-state index contributed by atoms with van der Waals surface area (Å²) >= 11 is 0. The molecule has 0 saturated heterocycles. The van der Waals surface area contributed by atoms with Crippen molar-refractivity contribution in [1.29, 1.82) is 0 Å². The predicted molar refractivity (Wildman–Crippen MR) is 81.7 cm³/mol. The van der Waals surface area contributed by atoms with E-state index in [1.807, 2.05) is 0 Å². The second-order valence-corrected chi connectivity index (χ2v) is 7.39. The van der Waals surface area contributed by atoms with E-state index < -0.39 is 10.0 Å². The molecule has 2 aliphatic rings. The fourth-order valence-electron chi connectivity index (χ4n) is 3.37. The average Bonchev–Trinajstić information content (AvgIpc) is 3.06. The number of fused-ring (bicyclic) bond motifs is 2. The summed E-state index contributed by atoms with van der Waals surface area (Å²) in [5.74, 6) is 2.60. The van der Waals surface area contributed by atoms with E-state index in [0.29, 0.717) is 23.3 Å². The highest BCUT2D eigenvalue weighted by molar-refractivity contribution is 7.89. The Morgan fingerprint density at radius 2 is 2.14 bits per heavy atom. The zero-order chi connectivity index (χ0) is 15.0. The van der Waals surface area contributed by atoms with Crippen LogP contribution in [0.5, 0.6) is 5.75 Å². The van der Waals surface area contributed by atoms with Crippen LogP contribution in [0, 0.1) is 17.8 Å². The van der Waals surface area contributed by atoms with E-state index in [0.717, 1.165) is 12.5 Å². The highest BCUT2D eigenvalue weighted by Gasteiger charge is 2.35. The molecule has 1 fully saturated rings. The first-order chi connectivity index (χ1) is 9.97. The molecule has 2 bridgehead atoms. The summed E-state index contributed by atoms with van der Waals surface area (Å²) in [5, 5.41) is 8.50. The van der Waals surface area contributed by atoms with Gasteiger partial charge in [-0.25, -0.2) is 13.6 Å². The molecule has 1 saturated carbocycles. The highest BCUT2D eigenvalue weighted by atomic mass is 32.2. The van der Waals surface area contributed by atoms with Crippen LogP contribution in [-0.2, 0) is 10.0 Å². The average molecular weight is 308 g/mol. The Morgan fingerprint density at radius 1 is 1.33 bits per heavy atom. The van der Waals surface area contributed by atoms with Gasteiger partial charge in [0.2, 0.25) is 10.0 Å². The molecule has 6 heteroatoms. The molecule has 0 aromatic heterocycles. The molecular weight excluding hydrogens is 288 g/mol. The number of methoxy groups -OCH3 is 1. The van der Waals surface area contributed by atoms with Crippen molar-refractivity contribution in [3.05, 3.63) is 30.4 Å². The predicted octanol–water partition coefficient (Wildman–Crippen LogP) is 1.97. The van der Waals surface area contributed by atoms with Crippen LogP contribution in [0.15, 0.2) is 35.2 Å². The summed E-state index contributed by atoms with van der Waals surface area (Å²) in [4.78, 5) is 0.0960. The van der Waals surface area contributed by atoms with E-state index in [4.69, 9.17) is 9.88 Å². The highest BCUT2D eigenvalue weighted by Crippen LogP contribution is 2.43. The number of nitrogens with two attached hydrogens (primary N) is 1. The summed E-state index contributed by atoms with van der Waals surface area (Å²) in [7, 11) is -2.14. The zero-order valence-corrected chi connectivity index (χ0v) is 12.8. The third kappa shape index (κ3) is 2.91. The van der Waals surface area contributed by atoms with Crippen molar-refractivity contribution in [2.45, 2.75) is 17.7 Å². The molecule has 3 unspecified atom stereocenters. The molecule has 0 aliphatic heterocycles. The maximum Gasteiger partial charge on any atom is 0.238 e. The fourth-order valence-corrected chi connectivity index (χ4v) is 3.91. The number of nitrogens with one attached hydrogen (secondary N) is 1. The second kappa shape index (κ2) is 5.35. The van der Waals surface area contributed by atoms with Crippen LogP contribution < -0.4 is 15.2 Å². The lowest BCUT2D eigenvalue weighted by molar-refractivity contribution is 0.414. The molecule has 1 aromatic rings. The standard InChI is InChI=1S/C15H20N2O3S/c1-20-15-5-4-13(21(16,18)19)8-14(15)17-9-12-7-10-2-3-11(12)6-10/h2-5,8,10-12,17H,6-7,9H2,1H3,(H2,16,18,19). The number of anilines is 1. The van der Waals surface area contributed by atoms with Gasteiger partial charge in [-0.05, 0) is 48.8 Å². The van der Waals surface area contributed by atoms with Crippen LogP contribution in [0.4, 0.5) is 5.69 Å². The van der Waals surface area contributed by atoms with E-state index in [1.165, 1.54) is 25.0 Å². The van der Waals surface area contributed by atoms with Crippen LogP contribution >= 0.6 is 0 Å². The van der Waals surface area contributed by atoms with Gasteiger partial charge in [0.05, 0.1) is 17.7 Å². The second-order valence-electron chi connectivity index (χ2n) is 5.83. The Kier molecular flexibility index (Phi) is 3.67. The van der Waals surface area contributed by atoms with Crippen molar-refractivity contribution in [2.75, 3.05) is 19.0 Å². The maximum atomic E-state index is 11.4. The largest absolute Gasteiger partial charge is 0.495 e. The summed E-state index contributed by atoms with van der Waals surface area (Å²) in [6.07, 6.45) is 7.06. The quantitative estimate of drug-likeness (QED) is 0.815. The molecule has 0 spiro atoms. The maximum absolute atomic E-state index is 11.4. The number of primary sulfonamides is 1. The van der Waals surface area contributed by atoms with E-state index in [9.17, 15) is 8.42 Å². The van der Waals surface area contributed by atoms with Gasteiger partial charge >= 0.3 is 0 Å². The molecule has 21 heavy (non-hydrogen) atoms. The summed E-state index contributed by atoms with van der Waals surface area (Å²) in [5.41, 5.74) is 0.677. The molecule has 0 heterocycles. The lowest BCUT2D eigenvalue weighted by atomic mass is 9.93. The molecule has 114 valence electrons. The van der Waals surface area contributed by atoms with Crippen LogP contribution in [-0.4, -0.2) is 22.1 Å². The van der Waals surface area contributed by atoms with E-state index in [2.05, 4.69) is 17.5 Å². The minimum atomic E-state index is -3.70. The molecular formula is C15H20N2O3S. The van der Waals surface area contributed by atoms with Gasteiger partial charge in [-0.15, -0.1) is 0 Å². The van der Waals surface area contributed by atoms with Crippen molar-refractivity contribution in [1.82, 2.24) is 0 Å². The third-order valence-corrected chi connectivity index (χ3v) is 5.38.